The summed E-state index contributed by atoms with van der Waals surface area (Å²) in [4.78, 5) is 16.6. The van der Waals surface area contributed by atoms with Crippen LogP contribution < -0.4 is 10.6 Å². The summed E-state index contributed by atoms with van der Waals surface area (Å²) in [6, 6.07) is 9.75. The molecular formula is C16H19N5O2S. The first kappa shape index (κ1) is 15.2. The molecule has 0 unspecified atom stereocenters. The van der Waals surface area contributed by atoms with Gasteiger partial charge < -0.3 is 15.4 Å². The first-order chi connectivity index (χ1) is 11.7. The Morgan fingerprint density at radius 1 is 1.25 bits per heavy atom. The Morgan fingerprint density at radius 2 is 2.04 bits per heavy atom. The average molecular weight is 345 g/mol. The molecule has 1 spiro atoms. The molecule has 2 aliphatic rings. The molecule has 4 rings (SSSR count). The number of aromatic nitrogens is 2. The third-order valence-electron chi connectivity index (χ3n) is 4.60. The second-order valence-electron chi connectivity index (χ2n) is 6.26. The third-order valence-corrected chi connectivity index (χ3v) is 5.42. The molecule has 2 N–H and O–H groups in total. The molecule has 1 aromatic carbocycles. The lowest BCUT2D eigenvalue weighted by Crippen LogP contribution is -2.57. The van der Waals surface area contributed by atoms with Crippen LogP contribution in [0.5, 0.6) is 0 Å². The normalized spacial score (nSPS) is 18.7. The Hall–Kier alpha value is -2.35. The van der Waals surface area contributed by atoms with Gasteiger partial charge in [0.25, 0.3) is 0 Å². The molecule has 1 aromatic heterocycles. The summed E-state index contributed by atoms with van der Waals surface area (Å²) in [5.74, 6) is 0. The van der Waals surface area contributed by atoms with Crippen molar-refractivity contribution in [1.29, 1.82) is 0 Å². The molecule has 2 fully saturated rings. The van der Waals surface area contributed by atoms with Crippen molar-refractivity contribution < 1.29 is 9.53 Å². The molecule has 1 aliphatic heterocycles. The fourth-order valence-corrected chi connectivity index (χ4v) is 3.78. The topological polar surface area (TPSA) is 84.6 Å². The van der Waals surface area contributed by atoms with Crippen LogP contribution in [-0.2, 0) is 11.3 Å². The Balaban J connectivity index is 1.39. The molecule has 1 saturated carbocycles. The van der Waals surface area contributed by atoms with Gasteiger partial charge in [0.1, 0.15) is 6.61 Å². The largest absolute Gasteiger partial charge is 0.445 e. The Kier molecular flexibility index (Phi) is 3.76. The van der Waals surface area contributed by atoms with Crippen molar-refractivity contribution in [2.75, 3.05) is 30.3 Å². The number of piperazine rings is 1. The van der Waals surface area contributed by atoms with Gasteiger partial charge >= 0.3 is 6.09 Å². The molecule has 24 heavy (non-hydrogen) atoms. The summed E-state index contributed by atoms with van der Waals surface area (Å²) < 4.78 is 5.51. The molecule has 0 radical (unpaired) electrons. The highest BCUT2D eigenvalue weighted by molar-refractivity contribution is 7.18. The number of nitrogens with two attached hydrogens (primary N) is 1. The highest BCUT2D eigenvalue weighted by atomic mass is 32.1. The number of nitrogens with zero attached hydrogens (tertiary/aromatic N) is 4. The highest BCUT2D eigenvalue weighted by Gasteiger charge is 2.54. The highest BCUT2D eigenvalue weighted by Crippen LogP contribution is 2.45. The number of carbonyl (C=O) groups excluding carboxylic acids is 1. The summed E-state index contributed by atoms with van der Waals surface area (Å²) in [5.41, 5.74) is 6.55. The number of hydrogen-bond acceptors (Lipinski definition) is 7. The van der Waals surface area contributed by atoms with E-state index in [1.54, 1.807) is 0 Å². The number of ether oxygens (including phenoxy) is 1. The van der Waals surface area contributed by atoms with E-state index in [-0.39, 0.29) is 11.6 Å². The molecule has 1 aliphatic carbocycles. The zero-order valence-electron chi connectivity index (χ0n) is 13.2. The number of hydrogen-bond donors (Lipinski definition) is 1. The molecule has 2 heterocycles. The lowest BCUT2D eigenvalue weighted by atomic mass is 10.1. The summed E-state index contributed by atoms with van der Waals surface area (Å²) in [6.45, 7) is 2.43. The predicted octanol–water partition coefficient (Wildman–Crippen LogP) is 2.11. The van der Waals surface area contributed by atoms with Crippen LogP contribution in [-0.4, -0.2) is 46.4 Å². The fourth-order valence-electron chi connectivity index (χ4n) is 3.15. The monoisotopic (exact) mass is 345 g/mol. The maximum atomic E-state index is 12.5. The van der Waals surface area contributed by atoms with Crippen LogP contribution in [0, 0.1) is 0 Å². The first-order valence-corrected chi connectivity index (χ1v) is 8.80. The van der Waals surface area contributed by atoms with E-state index in [2.05, 4.69) is 15.1 Å². The van der Waals surface area contributed by atoms with Gasteiger partial charge in [0, 0.05) is 19.6 Å². The molecule has 0 atom stereocenters. The lowest BCUT2D eigenvalue weighted by Gasteiger charge is -2.41. The van der Waals surface area contributed by atoms with Gasteiger partial charge in [0.05, 0.1) is 5.54 Å². The Bertz CT molecular complexity index is 731. The minimum atomic E-state index is -0.229. The van der Waals surface area contributed by atoms with Gasteiger partial charge in [-0.1, -0.05) is 41.7 Å². The predicted molar refractivity (Wildman–Crippen MR) is 91.8 cm³/mol. The minimum Gasteiger partial charge on any atom is -0.445 e. The van der Waals surface area contributed by atoms with E-state index in [0.29, 0.717) is 18.3 Å². The number of carbonyl (C=O) groups is 1. The van der Waals surface area contributed by atoms with Crippen LogP contribution in [0.2, 0.25) is 0 Å². The summed E-state index contributed by atoms with van der Waals surface area (Å²) in [5, 5.41) is 9.29. The van der Waals surface area contributed by atoms with Crippen LogP contribution >= 0.6 is 11.3 Å². The van der Waals surface area contributed by atoms with Crippen molar-refractivity contribution in [1.82, 2.24) is 15.1 Å². The van der Waals surface area contributed by atoms with Crippen LogP contribution in [0.4, 0.5) is 15.1 Å². The summed E-state index contributed by atoms with van der Waals surface area (Å²) >= 11 is 1.39. The summed E-state index contributed by atoms with van der Waals surface area (Å²) in [7, 11) is 0. The molecule has 2 aromatic rings. The Morgan fingerprint density at radius 3 is 2.71 bits per heavy atom. The van der Waals surface area contributed by atoms with E-state index < -0.39 is 0 Å². The quantitative estimate of drug-likeness (QED) is 0.917. The van der Waals surface area contributed by atoms with E-state index >= 15 is 0 Å². The number of rotatable bonds is 3. The van der Waals surface area contributed by atoms with Crippen molar-refractivity contribution in [3.8, 4) is 0 Å². The van der Waals surface area contributed by atoms with Gasteiger partial charge in [0.2, 0.25) is 10.3 Å². The number of benzene rings is 1. The zero-order chi connectivity index (χ0) is 16.6. The second-order valence-corrected chi connectivity index (χ2v) is 7.25. The first-order valence-electron chi connectivity index (χ1n) is 7.99. The van der Waals surface area contributed by atoms with E-state index in [1.807, 2.05) is 35.2 Å². The molecular weight excluding hydrogens is 326 g/mol. The van der Waals surface area contributed by atoms with E-state index in [4.69, 9.17) is 10.5 Å². The van der Waals surface area contributed by atoms with Crippen LogP contribution in [0.3, 0.4) is 0 Å². The van der Waals surface area contributed by atoms with Crippen LogP contribution in [0.1, 0.15) is 18.4 Å². The second kappa shape index (κ2) is 5.94. The van der Waals surface area contributed by atoms with Gasteiger partial charge in [-0.05, 0) is 18.4 Å². The van der Waals surface area contributed by atoms with E-state index in [0.717, 1.165) is 36.6 Å². The molecule has 126 valence electrons. The maximum absolute atomic E-state index is 12.5. The fraction of sp³-hybridized carbons (Fsp3) is 0.438. The van der Waals surface area contributed by atoms with Gasteiger partial charge in [-0.3, -0.25) is 4.90 Å². The number of nitrogen functional groups attached to an aromatic ring is 1. The molecule has 1 amide bonds. The minimum absolute atomic E-state index is 0.119. The number of amides is 1. The van der Waals surface area contributed by atoms with Crippen molar-refractivity contribution >= 4 is 27.7 Å². The maximum Gasteiger partial charge on any atom is 0.410 e. The SMILES string of the molecule is Nc1nnc(N2CCN(C(=O)OCc3ccccc3)C3(CC3)C2)s1. The lowest BCUT2D eigenvalue weighted by molar-refractivity contribution is 0.0702. The van der Waals surface area contributed by atoms with Gasteiger partial charge in [-0.15, -0.1) is 10.2 Å². The van der Waals surface area contributed by atoms with Crippen molar-refractivity contribution in [2.24, 2.45) is 0 Å². The zero-order valence-corrected chi connectivity index (χ0v) is 14.0. The molecule has 7 nitrogen and oxygen atoms in total. The van der Waals surface area contributed by atoms with Crippen molar-refractivity contribution in [2.45, 2.75) is 25.0 Å². The average Bonchev–Trinajstić information content (AvgIpc) is 3.22. The smallest absolute Gasteiger partial charge is 0.410 e. The molecule has 1 saturated heterocycles. The van der Waals surface area contributed by atoms with Gasteiger partial charge in [-0.2, -0.15) is 0 Å². The summed E-state index contributed by atoms with van der Waals surface area (Å²) in [6.07, 6.45) is 1.77. The van der Waals surface area contributed by atoms with Gasteiger partial charge in [0.15, 0.2) is 0 Å². The standard InChI is InChI=1S/C16H19N5O2S/c17-13-18-19-14(24-13)20-8-9-21(16(11-20)6-7-16)15(22)23-10-12-4-2-1-3-5-12/h1-5H,6-11H2,(H2,17,18). The van der Waals surface area contributed by atoms with Crippen molar-refractivity contribution in [3.05, 3.63) is 35.9 Å². The van der Waals surface area contributed by atoms with Crippen LogP contribution in [0.15, 0.2) is 30.3 Å². The van der Waals surface area contributed by atoms with Crippen LogP contribution in [0.25, 0.3) is 0 Å². The van der Waals surface area contributed by atoms with E-state index in [1.165, 1.54) is 11.3 Å². The van der Waals surface area contributed by atoms with Crippen molar-refractivity contribution in [3.63, 3.8) is 0 Å². The molecule has 8 heteroatoms. The van der Waals surface area contributed by atoms with E-state index in [9.17, 15) is 4.79 Å². The Labute approximate surface area is 144 Å². The number of anilines is 2. The van der Waals surface area contributed by atoms with Gasteiger partial charge in [-0.25, -0.2) is 4.79 Å². The molecule has 0 bridgehead atoms. The third kappa shape index (κ3) is 2.89.